The Bertz CT molecular complexity index is 760. The van der Waals surface area contributed by atoms with Crippen LogP contribution in [0.15, 0.2) is 41.9 Å². The SMILES string of the molecule is Cc1nc(C(=O)NCCCn2ccc3ccccc32)cs1. The number of hydrogen-bond donors (Lipinski definition) is 1. The summed E-state index contributed by atoms with van der Waals surface area (Å²) in [6.45, 7) is 3.45. The van der Waals surface area contributed by atoms with Crippen LogP contribution in [0.4, 0.5) is 0 Å². The van der Waals surface area contributed by atoms with Crippen molar-refractivity contribution in [1.29, 1.82) is 0 Å². The molecule has 21 heavy (non-hydrogen) atoms. The molecule has 0 saturated carbocycles. The van der Waals surface area contributed by atoms with E-state index in [-0.39, 0.29) is 5.91 Å². The minimum Gasteiger partial charge on any atom is -0.351 e. The van der Waals surface area contributed by atoms with E-state index in [0.717, 1.165) is 18.0 Å². The van der Waals surface area contributed by atoms with Gasteiger partial charge in [0.1, 0.15) is 5.69 Å². The van der Waals surface area contributed by atoms with Gasteiger partial charge in [-0.3, -0.25) is 4.79 Å². The third kappa shape index (κ3) is 3.13. The van der Waals surface area contributed by atoms with Gasteiger partial charge in [-0.2, -0.15) is 0 Å². The first-order valence-corrected chi connectivity index (χ1v) is 7.86. The molecule has 0 fully saturated rings. The molecule has 2 aromatic heterocycles. The van der Waals surface area contributed by atoms with Gasteiger partial charge in [0.15, 0.2) is 0 Å². The van der Waals surface area contributed by atoms with Crippen molar-refractivity contribution in [1.82, 2.24) is 14.9 Å². The van der Waals surface area contributed by atoms with Crippen molar-refractivity contribution in [3.8, 4) is 0 Å². The Kier molecular flexibility index (Phi) is 4.01. The Labute approximate surface area is 127 Å². The van der Waals surface area contributed by atoms with Crippen LogP contribution < -0.4 is 5.32 Å². The number of carbonyl (C=O) groups excluding carboxylic acids is 1. The highest BCUT2D eigenvalue weighted by molar-refractivity contribution is 7.09. The molecule has 0 bridgehead atoms. The number of thiazole rings is 1. The van der Waals surface area contributed by atoms with E-state index >= 15 is 0 Å². The normalized spacial score (nSPS) is 10.9. The molecule has 1 amide bonds. The molecular formula is C16H17N3OS. The molecule has 5 heteroatoms. The summed E-state index contributed by atoms with van der Waals surface area (Å²) < 4.78 is 2.22. The van der Waals surface area contributed by atoms with Gasteiger partial charge >= 0.3 is 0 Å². The lowest BCUT2D eigenvalue weighted by Gasteiger charge is -2.06. The number of benzene rings is 1. The van der Waals surface area contributed by atoms with Gasteiger partial charge in [-0.05, 0) is 30.9 Å². The van der Waals surface area contributed by atoms with Gasteiger partial charge in [0, 0.05) is 30.2 Å². The smallest absolute Gasteiger partial charge is 0.270 e. The number of aromatic nitrogens is 2. The van der Waals surface area contributed by atoms with Crippen LogP contribution in [0, 0.1) is 6.92 Å². The second kappa shape index (κ2) is 6.10. The van der Waals surface area contributed by atoms with E-state index in [4.69, 9.17) is 0 Å². The van der Waals surface area contributed by atoms with E-state index in [2.05, 4.69) is 39.3 Å². The van der Waals surface area contributed by atoms with Gasteiger partial charge in [-0.15, -0.1) is 11.3 Å². The molecule has 0 aliphatic rings. The van der Waals surface area contributed by atoms with Crippen LogP contribution in [0.25, 0.3) is 10.9 Å². The summed E-state index contributed by atoms with van der Waals surface area (Å²) in [5.41, 5.74) is 1.75. The van der Waals surface area contributed by atoms with Crippen molar-refractivity contribution in [3.63, 3.8) is 0 Å². The molecule has 2 heterocycles. The molecule has 0 aliphatic heterocycles. The monoisotopic (exact) mass is 299 g/mol. The number of para-hydroxylation sites is 1. The number of fused-ring (bicyclic) bond motifs is 1. The second-order valence-corrected chi connectivity index (χ2v) is 5.99. The topological polar surface area (TPSA) is 46.9 Å². The summed E-state index contributed by atoms with van der Waals surface area (Å²) in [5, 5.41) is 6.88. The lowest BCUT2D eigenvalue weighted by molar-refractivity contribution is 0.0948. The zero-order valence-electron chi connectivity index (χ0n) is 11.9. The van der Waals surface area contributed by atoms with Crippen LogP contribution >= 0.6 is 11.3 Å². The molecule has 0 aliphatic carbocycles. The Morgan fingerprint density at radius 2 is 2.19 bits per heavy atom. The highest BCUT2D eigenvalue weighted by atomic mass is 32.1. The van der Waals surface area contributed by atoms with Crippen molar-refractivity contribution in [2.75, 3.05) is 6.54 Å². The van der Waals surface area contributed by atoms with Crippen molar-refractivity contribution in [3.05, 3.63) is 52.6 Å². The van der Waals surface area contributed by atoms with E-state index in [0.29, 0.717) is 12.2 Å². The predicted octanol–water partition coefficient (Wildman–Crippen LogP) is 3.23. The highest BCUT2D eigenvalue weighted by Crippen LogP contribution is 2.15. The van der Waals surface area contributed by atoms with Gasteiger partial charge in [-0.1, -0.05) is 18.2 Å². The third-order valence-corrected chi connectivity index (χ3v) is 4.17. The number of nitrogens with one attached hydrogen (secondary N) is 1. The van der Waals surface area contributed by atoms with Crippen molar-refractivity contribution in [2.24, 2.45) is 0 Å². The summed E-state index contributed by atoms with van der Waals surface area (Å²) in [6.07, 6.45) is 2.99. The van der Waals surface area contributed by atoms with E-state index in [1.165, 1.54) is 22.2 Å². The molecule has 1 N–H and O–H groups in total. The number of nitrogens with zero attached hydrogens (tertiary/aromatic N) is 2. The molecule has 0 atom stereocenters. The Balaban J connectivity index is 1.51. The average molecular weight is 299 g/mol. The fraction of sp³-hybridized carbons (Fsp3) is 0.250. The zero-order valence-corrected chi connectivity index (χ0v) is 12.7. The Hall–Kier alpha value is -2.14. The minimum absolute atomic E-state index is 0.0864. The number of hydrogen-bond acceptors (Lipinski definition) is 3. The van der Waals surface area contributed by atoms with Crippen LogP contribution in [0.5, 0.6) is 0 Å². The van der Waals surface area contributed by atoms with Crippen molar-refractivity contribution < 1.29 is 4.79 Å². The number of rotatable bonds is 5. The van der Waals surface area contributed by atoms with Crippen LogP contribution in [0.3, 0.4) is 0 Å². The van der Waals surface area contributed by atoms with Gasteiger partial charge in [-0.25, -0.2) is 4.98 Å². The van der Waals surface area contributed by atoms with Crippen LogP contribution in [0.1, 0.15) is 21.9 Å². The maximum atomic E-state index is 11.9. The molecule has 4 nitrogen and oxygen atoms in total. The van der Waals surface area contributed by atoms with Crippen molar-refractivity contribution in [2.45, 2.75) is 19.9 Å². The summed E-state index contributed by atoms with van der Waals surface area (Å²) >= 11 is 1.50. The Morgan fingerprint density at radius 3 is 3.00 bits per heavy atom. The molecule has 3 aromatic rings. The molecule has 3 rings (SSSR count). The lowest BCUT2D eigenvalue weighted by atomic mass is 10.2. The summed E-state index contributed by atoms with van der Waals surface area (Å²) in [6, 6.07) is 10.4. The number of aryl methyl sites for hydroxylation is 2. The second-order valence-electron chi connectivity index (χ2n) is 4.93. The van der Waals surface area contributed by atoms with Crippen LogP contribution in [-0.2, 0) is 6.54 Å². The molecule has 0 saturated heterocycles. The van der Waals surface area contributed by atoms with Gasteiger partial charge in [0.25, 0.3) is 5.91 Å². The van der Waals surface area contributed by atoms with E-state index in [1.807, 2.05) is 19.1 Å². The maximum absolute atomic E-state index is 11.9. The first-order chi connectivity index (χ1) is 10.2. The number of carbonyl (C=O) groups is 1. The summed E-state index contributed by atoms with van der Waals surface area (Å²) in [5.74, 6) is -0.0864. The minimum atomic E-state index is -0.0864. The number of amides is 1. The standard InChI is InChI=1S/C16H17N3OS/c1-12-18-14(11-21-12)16(20)17-8-4-9-19-10-7-13-5-2-3-6-15(13)19/h2-3,5-7,10-11H,4,8-9H2,1H3,(H,17,20). The van der Waals surface area contributed by atoms with E-state index in [9.17, 15) is 4.79 Å². The highest BCUT2D eigenvalue weighted by Gasteiger charge is 2.08. The molecule has 108 valence electrons. The first-order valence-electron chi connectivity index (χ1n) is 6.98. The fourth-order valence-corrected chi connectivity index (χ4v) is 2.94. The fourth-order valence-electron chi connectivity index (χ4n) is 2.35. The summed E-state index contributed by atoms with van der Waals surface area (Å²) in [7, 11) is 0. The quantitative estimate of drug-likeness (QED) is 0.735. The largest absolute Gasteiger partial charge is 0.351 e. The first kappa shape index (κ1) is 13.8. The van der Waals surface area contributed by atoms with Crippen LogP contribution in [-0.4, -0.2) is 22.0 Å². The van der Waals surface area contributed by atoms with Gasteiger partial charge < -0.3 is 9.88 Å². The van der Waals surface area contributed by atoms with Crippen LogP contribution in [0.2, 0.25) is 0 Å². The third-order valence-electron chi connectivity index (χ3n) is 3.39. The molecular weight excluding hydrogens is 282 g/mol. The van der Waals surface area contributed by atoms with Gasteiger partial charge in [0.2, 0.25) is 0 Å². The van der Waals surface area contributed by atoms with E-state index in [1.54, 1.807) is 5.38 Å². The summed E-state index contributed by atoms with van der Waals surface area (Å²) in [4.78, 5) is 16.0. The lowest BCUT2D eigenvalue weighted by Crippen LogP contribution is -2.25. The van der Waals surface area contributed by atoms with E-state index < -0.39 is 0 Å². The molecule has 0 spiro atoms. The van der Waals surface area contributed by atoms with Gasteiger partial charge in [0.05, 0.1) is 5.01 Å². The molecule has 1 aromatic carbocycles. The Morgan fingerprint density at radius 1 is 1.33 bits per heavy atom. The van der Waals surface area contributed by atoms with Crippen molar-refractivity contribution >= 4 is 28.1 Å². The average Bonchev–Trinajstić information content (AvgIpc) is 3.10. The zero-order chi connectivity index (χ0) is 14.7. The molecule has 0 unspecified atom stereocenters. The maximum Gasteiger partial charge on any atom is 0.270 e. The predicted molar refractivity (Wildman–Crippen MR) is 85.7 cm³/mol. The molecule has 0 radical (unpaired) electrons.